The summed E-state index contributed by atoms with van der Waals surface area (Å²) in [7, 11) is 1.67. The molecule has 0 amide bonds. The summed E-state index contributed by atoms with van der Waals surface area (Å²) >= 11 is 0. The van der Waals surface area contributed by atoms with Gasteiger partial charge in [-0.25, -0.2) is 0 Å². The van der Waals surface area contributed by atoms with E-state index in [9.17, 15) is 18.0 Å². The molecule has 2 aromatic heterocycles. The lowest BCUT2D eigenvalue weighted by Crippen LogP contribution is -2.25. The van der Waals surface area contributed by atoms with Crippen molar-refractivity contribution in [3.05, 3.63) is 77.6 Å². The van der Waals surface area contributed by atoms with Crippen LogP contribution in [0.1, 0.15) is 16.8 Å². The molecule has 0 saturated carbocycles. The average molecular weight is 482 g/mol. The number of carboxylic acids is 1. The van der Waals surface area contributed by atoms with Gasteiger partial charge in [0.2, 0.25) is 5.82 Å². The van der Waals surface area contributed by atoms with E-state index in [2.05, 4.69) is 15.1 Å². The first-order chi connectivity index (χ1) is 16.6. The van der Waals surface area contributed by atoms with Gasteiger partial charge in [0.05, 0.1) is 17.8 Å². The number of pyridine rings is 1. The van der Waals surface area contributed by atoms with Crippen molar-refractivity contribution >= 4 is 5.97 Å². The molecule has 1 N–H and O–H groups in total. The van der Waals surface area contributed by atoms with E-state index in [1.54, 1.807) is 61.5 Å². The van der Waals surface area contributed by atoms with E-state index in [-0.39, 0.29) is 18.0 Å². The zero-order valence-electron chi connectivity index (χ0n) is 18.9. The maximum atomic E-state index is 13.5. The van der Waals surface area contributed by atoms with Gasteiger partial charge >= 0.3 is 12.1 Å². The number of aryl methyl sites for hydroxylation is 1. The first kappa shape index (κ1) is 24.1. The maximum Gasteiger partial charge on any atom is 0.417 e. The van der Waals surface area contributed by atoms with E-state index in [0.29, 0.717) is 40.3 Å². The minimum atomic E-state index is -4.46. The molecule has 0 aliphatic heterocycles. The number of aliphatic carboxylic acids is 1. The normalized spacial score (nSPS) is 11.7. The van der Waals surface area contributed by atoms with Crippen LogP contribution in [0.2, 0.25) is 0 Å². The van der Waals surface area contributed by atoms with Gasteiger partial charge in [-0.3, -0.25) is 14.7 Å². The Labute approximate surface area is 198 Å². The van der Waals surface area contributed by atoms with E-state index in [4.69, 9.17) is 9.63 Å². The third-order valence-corrected chi connectivity index (χ3v) is 5.33. The molecule has 0 radical (unpaired) electrons. The summed E-state index contributed by atoms with van der Waals surface area (Å²) in [5.74, 6) is -0.400. The van der Waals surface area contributed by atoms with Crippen molar-refractivity contribution in [2.24, 2.45) is 0 Å². The molecule has 0 saturated heterocycles. The van der Waals surface area contributed by atoms with Crippen molar-refractivity contribution < 1.29 is 27.6 Å². The third kappa shape index (κ3) is 5.55. The summed E-state index contributed by atoms with van der Waals surface area (Å²) in [5.41, 5.74) is 2.36. The summed E-state index contributed by atoms with van der Waals surface area (Å²) in [6.45, 7) is 1.93. The quantitative estimate of drug-likeness (QED) is 0.382. The van der Waals surface area contributed by atoms with Gasteiger partial charge in [0, 0.05) is 23.9 Å². The molecule has 0 aliphatic carbocycles. The Kier molecular flexibility index (Phi) is 6.65. The number of aromatic nitrogens is 3. The lowest BCUT2D eigenvalue weighted by Gasteiger charge is -2.14. The molecule has 7 nitrogen and oxygen atoms in total. The number of rotatable bonds is 7. The predicted octanol–water partition coefficient (Wildman–Crippen LogP) is 5.31. The number of nitrogens with zero attached hydrogens (tertiary/aromatic N) is 4. The molecule has 10 heteroatoms. The van der Waals surface area contributed by atoms with E-state index in [1.807, 2.05) is 0 Å². The second-order valence-corrected chi connectivity index (χ2v) is 8.10. The van der Waals surface area contributed by atoms with Crippen LogP contribution >= 0.6 is 0 Å². The molecule has 2 aromatic carbocycles. The van der Waals surface area contributed by atoms with Crippen LogP contribution in [0.4, 0.5) is 13.2 Å². The fraction of sp³-hybridized carbons (Fsp3) is 0.200. The van der Waals surface area contributed by atoms with Crippen LogP contribution in [-0.4, -0.2) is 44.7 Å². The Hall–Kier alpha value is -4.05. The Balaban J connectivity index is 1.59. The summed E-state index contributed by atoms with van der Waals surface area (Å²) in [5, 5.41) is 12.9. The second-order valence-electron chi connectivity index (χ2n) is 8.10. The molecule has 0 spiro atoms. The Morgan fingerprint density at radius 1 is 1.06 bits per heavy atom. The fourth-order valence-corrected chi connectivity index (χ4v) is 3.79. The van der Waals surface area contributed by atoms with Gasteiger partial charge in [0.15, 0.2) is 0 Å². The molecule has 0 unspecified atom stereocenters. The Morgan fingerprint density at radius 2 is 1.83 bits per heavy atom. The Bertz CT molecular complexity index is 1370. The summed E-state index contributed by atoms with van der Waals surface area (Å²) < 4.78 is 45.8. The Morgan fingerprint density at radius 3 is 2.54 bits per heavy atom. The second kappa shape index (κ2) is 9.67. The number of halogens is 3. The van der Waals surface area contributed by atoms with Crippen LogP contribution in [0.5, 0.6) is 0 Å². The monoisotopic (exact) mass is 482 g/mol. The number of likely N-dealkylation sites (N-methyl/N-ethyl adjacent to an activating group) is 1. The summed E-state index contributed by atoms with van der Waals surface area (Å²) in [4.78, 5) is 21.2. The number of hydrogen-bond donors (Lipinski definition) is 1. The molecule has 0 aliphatic rings. The highest BCUT2D eigenvalue weighted by Gasteiger charge is 2.33. The van der Waals surface area contributed by atoms with Crippen LogP contribution in [0.15, 0.2) is 65.3 Å². The van der Waals surface area contributed by atoms with Crippen LogP contribution in [0.3, 0.4) is 0 Å². The van der Waals surface area contributed by atoms with Crippen molar-refractivity contribution in [2.45, 2.75) is 19.6 Å². The molecule has 0 fully saturated rings. The van der Waals surface area contributed by atoms with Crippen LogP contribution in [0.25, 0.3) is 34.0 Å². The zero-order valence-corrected chi connectivity index (χ0v) is 18.9. The molecular weight excluding hydrogens is 461 g/mol. The predicted molar refractivity (Wildman–Crippen MR) is 122 cm³/mol. The first-order valence-corrected chi connectivity index (χ1v) is 10.6. The molecule has 0 atom stereocenters. The van der Waals surface area contributed by atoms with E-state index in [1.165, 1.54) is 12.1 Å². The van der Waals surface area contributed by atoms with Crippen molar-refractivity contribution in [3.8, 4) is 34.0 Å². The molecule has 180 valence electrons. The minimum absolute atomic E-state index is 0.104. The minimum Gasteiger partial charge on any atom is -0.480 e. The van der Waals surface area contributed by atoms with Crippen molar-refractivity contribution in [2.75, 3.05) is 13.6 Å². The lowest BCUT2D eigenvalue weighted by molar-refractivity contribution is -0.138. The zero-order chi connectivity index (χ0) is 25.2. The number of benzene rings is 2. The molecule has 4 rings (SSSR count). The van der Waals surface area contributed by atoms with E-state index >= 15 is 0 Å². The molecule has 4 aromatic rings. The average Bonchev–Trinajstić information content (AvgIpc) is 3.28. The number of carbonyl (C=O) groups is 1. The van der Waals surface area contributed by atoms with Crippen LogP contribution < -0.4 is 0 Å². The van der Waals surface area contributed by atoms with E-state index in [0.717, 1.165) is 6.07 Å². The van der Waals surface area contributed by atoms with Gasteiger partial charge in [-0.1, -0.05) is 29.4 Å². The number of carboxylic acid groups (broad SMARTS) is 1. The standard InChI is InChI=1S/C25H21F3N4O3/c1-15-11-17(7-8-19(15)20-5-3-4-6-21(20)25(26,27)28)24-30-23(31-35-24)16-9-10-29-18(12-16)13-32(2)14-22(33)34/h3-12H,13-14H2,1-2H3,(H,33,34). The van der Waals surface area contributed by atoms with E-state index < -0.39 is 17.7 Å². The van der Waals surface area contributed by atoms with Crippen LogP contribution in [-0.2, 0) is 17.5 Å². The van der Waals surface area contributed by atoms with Gasteiger partial charge in [-0.05, 0) is 61.0 Å². The van der Waals surface area contributed by atoms with Gasteiger partial charge in [0.1, 0.15) is 0 Å². The highest BCUT2D eigenvalue weighted by molar-refractivity contribution is 5.74. The number of hydrogen-bond acceptors (Lipinski definition) is 6. The van der Waals surface area contributed by atoms with Gasteiger partial charge in [0.25, 0.3) is 5.89 Å². The smallest absolute Gasteiger partial charge is 0.417 e. The molecule has 35 heavy (non-hydrogen) atoms. The molecular formula is C25H21F3N4O3. The lowest BCUT2D eigenvalue weighted by atomic mass is 9.94. The largest absolute Gasteiger partial charge is 0.480 e. The van der Waals surface area contributed by atoms with Gasteiger partial charge in [-0.2, -0.15) is 18.2 Å². The highest BCUT2D eigenvalue weighted by Crippen LogP contribution is 2.38. The van der Waals surface area contributed by atoms with Gasteiger partial charge < -0.3 is 9.63 Å². The SMILES string of the molecule is Cc1cc(-c2nc(-c3ccnc(CN(C)CC(=O)O)c3)no2)ccc1-c1ccccc1C(F)(F)F. The maximum absolute atomic E-state index is 13.5. The third-order valence-electron chi connectivity index (χ3n) is 5.33. The number of alkyl halides is 3. The summed E-state index contributed by atoms with van der Waals surface area (Å²) in [6, 6.07) is 13.9. The fourth-order valence-electron chi connectivity index (χ4n) is 3.79. The van der Waals surface area contributed by atoms with Gasteiger partial charge in [-0.15, -0.1) is 0 Å². The summed E-state index contributed by atoms with van der Waals surface area (Å²) in [6.07, 6.45) is -2.89. The van der Waals surface area contributed by atoms with Crippen molar-refractivity contribution in [3.63, 3.8) is 0 Å². The first-order valence-electron chi connectivity index (χ1n) is 10.6. The van der Waals surface area contributed by atoms with Crippen molar-refractivity contribution in [1.82, 2.24) is 20.0 Å². The molecule has 2 heterocycles. The van der Waals surface area contributed by atoms with Crippen LogP contribution in [0, 0.1) is 6.92 Å². The topological polar surface area (TPSA) is 92.4 Å². The highest BCUT2D eigenvalue weighted by atomic mass is 19.4. The molecule has 0 bridgehead atoms. The van der Waals surface area contributed by atoms with Crippen molar-refractivity contribution in [1.29, 1.82) is 0 Å².